The molecule has 0 aliphatic rings. The summed E-state index contributed by atoms with van der Waals surface area (Å²) in [5.41, 5.74) is 1.87. The van der Waals surface area contributed by atoms with E-state index in [-0.39, 0.29) is 11.7 Å². The zero-order valence-corrected chi connectivity index (χ0v) is 10.2. The average molecular weight is 246 g/mol. The predicted molar refractivity (Wildman–Crippen MR) is 65.3 cm³/mol. The first-order valence-corrected chi connectivity index (χ1v) is 5.57. The first-order chi connectivity index (χ1) is 8.58. The Morgan fingerprint density at radius 1 is 1.44 bits per heavy atom. The van der Waals surface area contributed by atoms with Crippen LogP contribution in [0.15, 0.2) is 28.8 Å². The fourth-order valence-electron chi connectivity index (χ4n) is 1.74. The number of hydrogen-bond acceptors (Lipinski definition) is 4. The van der Waals surface area contributed by atoms with Gasteiger partial charge in [0.2, 0.25) is 0 Å². The van der Waals surface area contributed by atoms with Gasteiger partial charge in [-0.3, -0.25) is 4.79 Å². The van der Waals surface area contributed by atoms with E-state index in [1.807, 2.05) is 6.07 Å². The van der Waals surface area contributed by atoms with Gasteiger partial charge in [-0.1, -0.05) is 17.3 Å². The summed E-state index contributed by atoms with van der Waals surface area (Å²) in [4.78, 5) is 11.9. The highest BCUT2D eigenvalue weighted by Gasteiger charge is 2.16. The molecule has 5 nitrogen and oxygen atoms in total. The summed E-state index contributed by atoms with van der Waals surface area (Å²) in [6, 6.07) is 6.74. The number of hydrogen-bond donors (Lipinski definition) is 2. The third-order valence-electron chi connectivity index (χ3n) is 2.62. The standard InChI is InChI=1S/C13H14N2O3/c1-8-12(9(2)18-15-8)13(17)14-7-10-4-3-5-11(16)6-10/h3-6,16H,7H2,1-2H3,(H,14,17). The molecule has 1 aromatic carbocycles. The van der Waals surface area contributed by atoms with E-state index in [0.717, 1.165) is 5.56 Å². The summed E-state index contributed by atoms with van der Waals surface area (Å²) in [6.07, 6.45) is 0. The van der Waals surface area contributed by atoms with Crippen molar-refractivity contribution >= 4 is 5.91 Å². The van der Waals surface area contributed by atoms with E-state index in [4.69, 9.17) is 4.52 Å². The normalized spacial score (nSPS) is 10.3. The molecule has 0 radical (unpaired) electrons. The number of nitrogens with one attached hydrogen (secondary N) is 1. The van der Waals surface area contributed by atoms with Crippen LogP contribution in [0.25, 0.3) is 0 Å². The summed E-state index contributed by atoms with van der Waals surface area (Å²) in [6.45, 7) is 3.76. The van der Waals surface area contributed by atoms with Gasteiger partial charge in [0, 0.05) is 6.54 Å². The van der Waals surface area contributed by atoms with Crippen LogP contribution < -0.4 is 5.32 Å². The number of aromatic hydroxyl groups is 1. The van der Waals surface area contributed by atoms with Crippen molar-refractivity contribution < 1.29 is 14.4 Å². The van der Waals surface area contributed by atoms with Gasteiger partial charge in [0.05, 0.1) is 5.69 Å². The number of phenolic OH excluding ortho intramolecular Hbond substituents is 1. The highest BCUT2D eigenvalue weighted by Crippen LogP contribution is 2.13. The smallest absolute Gasteiger partial charge is 0.257 e. The summed E-state index contributed by atoms with van der Waals surface area (Å²) >= 11 is 0. The van der Waals surface area contributed by atoms with Crippen molar-refractivity contribution in [3.63, 3.8) is 0 Å². The van der Waals surface area contributed by atoms with Crippen LogP contribution in [-0.2, 0) is 6.54 Å². The minimum Gasteiger partial charge on any atom is -0.508 e. The second-order valence-corrected chi connectivity index (χ2v) is 4.05. The fourth-order valence-corrected chi connectivity index (χ4v) is 1.74. The number of carbonyl (C=O) groups excluding carboxylic acids is 1. The Labute approximate surface area is 104 Å². The van der Waals surface area contributed by atoms with Gasteiger partial charge in [0.25, 0.3) is 5.91 Å². The maximum atomic E-state index is 11.9. The van der Waals surface area contributed by atoms with Crippen LogP contribution in [0.5, 0.6) is 5.75 Å². The molecule has 0 unspecified atom stereocenters. The van der Waals surface area contributed by atoms with E-state index in [0.29, 0.717) is 23.6 Å². The number of amides is 1. The molecule has 0 saturated heterocycles. The molecule has 94 valence electrons. The maximum Gasteiger partial charge on any atom is 0.257 e. The molecule has 2 N–H and O–H groups in total. The van der Waals surface area contributed by atoms with Crippen LogP contribution in [-0.4, -0.2) is 16.2 Å². The molecule has 18 heavy (non-hydrogen) atoms. The van der Waals surface area contributed by atoms with Crippen molar-refractivity contribution in [2.45, 2.75) is 20.4 Å². The SMILES string of the molecule is Cc1noc(C)c1C(=O)NCc1cccc(O)c1. The zero-order chi connectivity index (χ0) is 13.1. The van der Waals surface area contributed by atoms with Crippen molar-refractivity contribution in [3.8, 4) is 5.75 Å². The van der Waals surface area contributed by atoms with E-state index in [2.05, 4.69) is 10.5 Å². The summed E-state index contributed by atoms with van der Waals surface area (Å²) < 4.78 is 4.94. The molecule has 0 atom stereocenters. The molecule has 2 aromatic rings. The van der Waals surface area contributed by atoms with Gasteiger partial charge < -0.3 is 14.9 Å². The Bertz CT molecular complexity index is 556. The molecule has 0 aliphatic heterocycles. The molecule has 5 heteroatoms. The summed E-state index contributed by atoms with van der Waals surface area (Å²) in [5, 5.41) is 15.8. The van der Waals surface area contributed by atoms with Gasteiger partial charge in [-0.15, -0.1) is 0 Å². The first-order valence-electron chi connectivity index (χ1n) is 5.57. The molecule has 1 aromatic heterocycles. The Morgan fingerprint density at radius 3 is 2.83 bits per heavy atom. The third kappa shape index (κ3) is 2.51. The van der Waals surface area contributed by atoms with Gasteiger partial charge >= 0.3 is 0 Å². The van der Waals surface area contributed by atoms with Crippen LogP contribution in [0, 0.1) is 13.8 Å². The van der Waals surface area contributed by atoms with E-state index in [9.17, 15) is 9.90 Å². The molecule has 0 aliphatic carbocycles. The summed E-state index contributed by atoms with van der Waals surface area (Å²) in [7, 11) is 0. The molecule has 1 amide bonds. The largest absolute Gasteiger partial charge is 0.508 e. The Balaban J connectivity index is 2.05. The molecular weight excluding hydrogens is 232 g/mol. The monoisotopic (exact) mass is 246 g/mol. The molecule has 0 bridgehead atoms. The number of benzene rings is 1. The van der Waals surface area contributed by atoms with E-state index < -0.39 is 0 Å². The second kappa shape index (κ2) is 4.91. The van der Waals surface area contributed by atoms with Gasteiger partial charge in [-0.25, -0.2) is 0 Å². The molecule has 0 fully saturated rings. The second-order valence-electron chi connectivity index (χ2n) is 4.05. The minimum atomic E-state index is -0.227. The van der Waals surface area contributed by atoms with Crippen LogP contribution >= 0.6 is 0 Å². The lowest BCUT2D eigenvalue weighted by Crippen LogP contribution is -2.23. The topological polar surface area (TPSA) is 75.4 Å². The zero-order valence-electron chi connectivity index (χ0n) is 10.2. The van der Waals surface area contributed by atoms with Crippen molar-refractivity contribution in [2.24, 2.45) is 0 Å². The molecule has 2 rings (SSSR count). The lowest BCUT2D eigenvalue weighted by molar-refractivity contribution is 0.0949. The summed E-state index contributed by atoms with van der Waals surface area (Å²) in [5.74, 6) is 0.453. The highest BCUT2D eigenvalue weighted by atomic mass is 16.5. The van der Waals surface area contributed by atoms with Crippen LogP contribution in [0.1, 0.15) is 27.4 Å². The van der Waals surface area contributed by atoms with Crippen molar-refractivity contribution in [1.82, 2.24) is 10.5 Å². The number of aryl methyl sites for hydroxylation is 2. The van der Waals surface area contributed by atoms with Gasteiger partial charge in [0.15, 0.2) is 0 Å². The van der Waals surface area contributed by atoms with Crippen LogP contribution in [0.3, 0.4) is 0 Å². The fraction of sp³-hybridized carbons (Fsp3) is 0.231. The molecule has 0 saturated carbocycles. The Hall–Kier alpha value is -2.30. The van der Waals surface area contributed by atoms with Gasteiger partial charge in [-0.2, -0.15) is 0 Å². The van der Waals surface area contributed by atoms with Crippen molar-refractivity contribution in [1.29, 1.82) is 0 Å². The lowest BCUT2D eigenvalue weighted by atomic mass is 10.1. The number of aromatic nitrogens is 1. The van der Waals surface area contributed by atoms with Crippen molar-refractivity contribution in [2.75, 3.05) is 0 Å². The van der Waals surface area contributed by atoms with Crippen LogP contribution in [0.4, 0.5) is 0 Å². The molecule has 0 spiro atoms. The number of nitrogens with zero attached hydrogens (tertiary/aromatic N) is 1. The lowest BCUT2D eigenvalue weighted by Gasteiger charge is -2.05. The Morgan fingerprint density at radius 2 is 2.22 bits per heavy atom. The number of rotatable bonds is 3. The average Bonchev–Trinajstić information content (AvgIpc) is 2.66. The quantitative estimate of drug-likeness (QED) is 0.867. The number of phenols is 1. The third-order valence-corrected chi connectivity index (χ3v) is 2.62. The highest BCUT2D eigenvalue weighted by molar-refractivity contribution is 5.96. The molecular formula is C13H14N2O3. The predicted octanol–water partition coefficient (Wildman–Crippen LogP) is 1.93. The van der Waals surface area contributed by atoms with Gasteiger partial charge in [-0.05, 0) is 31.5 Å². The molecule has 1 heterocycles. The maximum absolute atomic E-state index is 11.9. The van der Waals surface area contributed by atoms with E-state index >= 15 is 0 Å². The van der Waals surface area contributed by atoms with Crippen molar-refractivity contribution in [3.05, 3.63) is 46.8 Å². The number of carbonyl (C=O) groups is 1. The van der Waals surface area contributed by atoms with Crippen LogP contribution in [0.2, 0.25) is 0 Å². The Kier molecular flexibility index (Phi) is 3.32. The first kappa shape index (κ1) is 12.2. The van der Waals surface area contributed by atoms with E-state index in [1.165, 1.54) is 0 Å². The van der Waals surface area contributed by atoms with E-state index in [1.54, 1.807) is 32.0 Å². The minimum absolute atomic E-state index is 0.180. The van der Waals surface area contributed by atoms with Gasteiger partial charge in [0.1, 0.15) is 17.1 Å².